The third kappa shape index (κ3) is 4.32. The minimum absolute atomic E-state index is 0.248. The Hall–Kier alpha value is -1.88. The van der Waals surface area contributed by atoms with E-state index < -0.39 is 0 Å². The summed E-state index contributed by atoms with van der Waals surface area (Å²) in [5.74, 6) is 1.95. The fourth-order valence-electron chi connectivity index (χ4n) is 3.00. The third-order valence-corrected chi connectivity index (χ3v) is 4.36. The number of rotatable bonds is 5. The monoisotopic (exact) mass is 331 g/mol. The molecule has 0 saturated carbocycles. The normalized spacial score (nSPS) is 15.7. The highest BCUT2D eigenvalue weighted by Crippen LogP contribution is 2.24. The average molecular weight is 332 g/mol. The van der Waals surface area contributed by atoms with Gasteiger partial charge in [0.15, 0.2) is 0 Å². The zero-order valence-corrected chi connectivity index (χ0v) is 14.1. The van der Waals surface area contributed by atoms with Crippen LogP contribution in [0.25, 0.3) is 0 Å². The quantitative estimate of drug-likeness (QED) is 0.909. The minimum Gasteiger partial charge on any atom is -0.354 e. The van der Waals surface area contributed by atoms with Gasteiger partial charge in [0.05, 0.1) is 0 Å². The number of hydrogen-bond donors (Lipinski definition) is 1. The molecule has 0 aliphatic carbocycles. The average Bonchev–Trinajstić information content (AvgIpc) is 2.56. The lowest BCUT2D eigenvalue weighted by Crippen LogP contribution is -2.35. The van der Waals surface area contributed by atoms with Gasteiger partial charge in [0, 0.05) is 19.6 Å². The summed E-state index contributed by atoms with van der Waals surface area (Å²) in [7, 11) is 0. The molecule has 2 aromatic rings. The molecule has 23 heavy (non-hydrogen) atoms. The van der Waals surface area contributed by atoms with Crippen molar-refractivity contribution in [3.05, 3.63) is 41.2 Å². The maximum absolute atomic E-state index is 6.01. The minimum atomic E-state index is 0.248. The molecule has 0 amide bonds. The summed E-state index contributed by atoms with van der Waals surface area (Å²) >= 11 is 6.01. The predicted molar refractivity (Wildman–Crippen MR) is 94.1 cm³/mol. The second-order valence-electron chi connectivity index (χ2n) is 5.88. The van der Waals surface area contributed by atoms with Crippen LogP contribution in [-0.4, -0.2) is 34.6 Å². The Morgan fingerprint density at radius 1 is 1.13 bits per heavy atom. The van der Waals surface area contributed by atoms with Gasteiger partial charge in [0.25, 0.3) is 0 Å². The van der Waals surface area contributed by atoms with E-state index in [4.69, 9.17) is 11.6 Å². The summed E-state index contributed by atoms with van der Waals surface area (Å²) < 4.78 is 0. The fraction of sp³-hybridized carbons (Fsp3) is 0.471. The number of piperidine rings is 1. The molecule has 1 saturated heterocycles. The summed E-state index contributed by atoms with van der Waals surface area (Å²) in [6.45, 7) is 4.69. The Balaban J connectivity index is 1.60. The molecule has 1 aliphatic rings. The first-order valence-electron chi connectivity index (χ1n) is 8.19. The molecule has 0 radical (unpaired) electrons. The van der Waals surface area contributed by atoms with Crippen LogP contribution in [0.5, 0.6) is 0 Å². The number of anilines is 2. The molecule has 2 heterocycles. The molecule has 1 aliphatic heterocycles. The Bertz CT molecular complexity index is 626. The van der Waals surface area contributed by atoms with E-state index in [1.807, 2.05) is 6.92 Å². The standard InChI is InChI=1S/C17H22ClN5/c1-2-19-16-20-15(18)21-17(22-16)23-10-8-14(9-11-23)12-13-6-4-3-5-7-13/h3-7,14H,2,8-12H2,1H3,(H,19,20,21,22). The zero-order valence-electron chi connectivity index (χ0n) is 13.4. The lowest BCUT2D eigenvalue weighted by molar-refractivity contribution is 0.400. The number of nitrogens with one attached hydrogen (secondary N) is 1. The summed E-state index contributed by atoms with van der Waals surface area (Å²) in [5, 5.41) is 3.34. The van der Waals surface area contributed by atoms with E-state index in [2.05, 4.69) is 55.5 Å². The van der Waals surface area contributed by atoms with Crippen molar-refractivity contribution in [2.75, 3.05) is 29.9 Å². The third-order valence-electron chi connectivity index (χ3n) is 4.20. The molecule has 5 nitrogen and oxygen atoms in total. The molecule has 0 unspecified atom stereocenters. The highest BCUT2D eigenvalue weighted by atomic mass is 35.5. The van der Waals surface area contributed by atoms with E-state index >= 15 is 0 Å². The molecule has 1 fully saturated rings. The van der Waals surface area contributed by atoms with Crippen LogP contribution in [0, 0.1) is 5.92 Å². The number of hydrogen-bond acceptors (Lipinski definition) is 5. The maximum Gasteiger partial charge on any atom is 0.231 e. The van der Waals surface area contributed by atoms with Crippen molar-refractivity contribution in [1.29, 1.82) is 0 Å². The molecule has 1 aromatic carbocycles. The second-order valence-corrected chi connectivity index (χ2v) is 6.22. The number of aromatic nitrogens is 3. The van der Waals surface area contributed by atoms with Crippen molar-refractivity contribution < 1.29 is 0 Å². The molecular formula is C17H22ClN5. The molecule has 0 bridgehead atoms. The van der Waals surface area contributed by atoms with Gasteiger partial charge >= 0.3 is 0 Å². The van der Waals surface area contributed by atoms with Crippen molar-refractivity contribution in [3.63, 3.8) is 0 Å². The van der Waals surface area contributed by atoms with E-state index in [1.54, 1.807) is 0 Å². The first-order chi connectivity index (χ1) is 11.2. The molecule has 3 rings (SSSR count). The lowest BCUT2D eigenvalue weighted by Gasteiger charge is -2.32. The van der Waals surface area contributed by atoms with Gasteiger partial charge in [-0.3, -0.25) is 0 Å². The van der Waals surface area contributed by atoms with Crippen LogP contribution in [0.1, 0.15) is 25.3 Å². The fourth-order valence-corrected chi connectivity index (χ4v) is 3.16. The summed E-state index contributed by atoms with van der Waals surface area (Å²) in [6.07, 6.45) is 3.44. The Morgan fingerprint density at radius 3 is 2.57 bits per heavy atom. The Morgan fingerprint density at radius 2 is 1.87 bits per heavy atom. The van der Waals surface area contributed by atoms with Gasteiger partial charge in [-0.15, -0.1) is 0 Å². The van der Waals surface area contributed by atoms with Crippen molar-refractivity contribution in [2.24, 2.45) is 5.92 Å². The molecule has 0 spiro atoms. The maximum atomic E-state index is 6.01. The smallest absolute Gasteiger partial charge is 0.231 e. The van der Waals surface area contributed by atoms with Gasteiger partial charge in [0.2, 0.25) is 17.2 Å². The van der Waals surface area contributed by atoms with Gasteiger partial charge in [-0.1, -0.05) is 30.3 Å². The van der Waals surface area contributed by atoms with Crippen LogP contribution >= 0.6 is 11.6 Å². The van der Waals surface area contributed by atoms with Crippen LogP contribution in [0.15, 0.2) is 30.3 Å². The van der Waals surface area contributed by atoms with Crippen molar-refractivity contribution in [3.8, 4) is 0 Å². The first-order valence-corrected chi connectivity index (χ1v) is 8.56. The van der Waals surface area contributed by atoms with Crippen molar-refractivity contribution >= 4 is 23.5 Å². The molecule has 122 valence electrons. The van der Waals surface area contributed by atoms with Gasteiger partial charge in [-0.2, -0.15) is 15.0 Å². The van der Waals surface area contributed by atoms with Crippen LogP contribution in [0.4, 0.5) is 11.9 Å². The van der Waals surface area contributed by atoms with Gasteiger partial charge in [-0.05, 0) is 49.3 Å². The molecule has 6 heteroatoms. The Kier molecular flexibility index (Phi) is 5.28. The molecule has 1 N–H and O–H groups in total. The van der Waals surface area contributed by atoms with Crippen LogP contribution < -0.4 is 10.2 Å². The van der Waals surface area contributed by atoms with Gasteiger partial charge in [-0.25, -0.2) is 0 Å². The first kappa shape index (κ1) is 16.0. The number of benzene rings is 1. The Labute approximate surface area is 142 Å². The largest absolute Gasteiger partial charge is 0.354 e. The van der Waals surface area contributed by atoms with E-state index in [0.717, 1.165) is 44.8 Å². The lowest BCUT2D eigenvalue weighted by atomic mass is 9.90. The van der Waals surface area contributed by atoms with E-state index in [1.165, 1.54) is 5.56 Å². The van der Waals surface area contributed by atoms with Crippen LogP contribution in [-0.2, 0) is 6.42 Å². The second kappa shape index (κ2) is 7.59. The van der Waals surface area contributed by atoms with Gasteiger partial charge < -0.3 is 10.2 Å². The summed E-state index contributed by atoms with van der Waals surface area (Å²) in [4.78, 5) is 15.0. The molecule has 1 aromatic heterocycles. The SMILES string of the molecule is CCNc1nc(Cl)nc(N2CCC(Cc3ccccc3)CC2)n1. The highest BCUT2D eigenvalue weighted by Gasteiger charge is 2.22. The van der Waals surface area contributed by atoms with Crippen molar-refractivity contribution in [1.82, 2.24) is 15.0 Å². The van der Waals surface area contributed by atoms with Crippen LogP contribution in [0.3, 0.4) is 0 Å². The van der Waals surface area contributed by atoms with Crippen molar-refractivity contribution in [2.45, 2.75) is 26.2 Å². The topological polar surface area (TPSA) is 53.9 Å². The van der Waals surface area contributed by atoms with Crippen LogP contribution in [0.2, 0.25) is 5.28 Å². The molecular weight excluding hydrogens is 310 g/mol. The summed E-state index contributed by atoms with van der Waals surface area (Å²) in [5.41, 5.74) is 1.42. The number of halogens is 1. The summed E-state index contributed by atoms with van der Waals surface area (Å²) in [6, 6.07) is 10.7. The van der Waals surface area contributed by atoms with Gasteiger partial charge in [0.1, 0.15) is 0 Å². The molecule has 0 atom stereocenters. The number of nitrogens with zero attached hydrogens (tertiary/aromatic N) is 4. The van der Waals surface area contributed by atoms with E-state index in [0.29, 0.717) is 11.9 Å². The zero-order chi connectivity index (χ0) is 16.1. The predicted octanol–water partition coefficient (Wildman–Crippen LogP) is 3.42. The van der Waals surface area contributed by atoms with E-state index in [9.17, 15) is 0 Å². The highest BCUT2D eigenvalue weighted by molar-refractivity contribution is 6.28. The van der Waals surface area contributed by atoms with E-state index in [-0.39, 0.29) is 5.28 Å².